The van der Waals surface area contributed by atoms with Gasteiger partial charge in [0.25, 0.3) is 0 Å². The van der Waals surface area contributed by atoms with Crippen LogP contribution >= 0.6 is 0 Å². The van der Waals surface area contributed by atoms with Gasteiger partial charge in [0.2, 0.25) is 15.9 Å². The third-order valence-corrected chi connectivity index (χ3v) is 8.06. The van der Waals surface area contributed by atoms with E-state index in [0.29, 0.717) is 44.2 Å². The number of nitrogens with zero attached hydrogens (tertiary/aromatic N) is 4. The average Bonchev–Trinajstić information content (AvgIpc) is 3.10. The molecule has 7 nitrogen and oxygen atoms in total. The molecule has 2 saturated heterocycles. The molecule has 30 heavy (non-hydrogen) atoms. The van der Waals surface area contributed by atoms with Gasteiger partial charge in [0.05, 0.1) is 23.2 Å². The molecular formula is C22H28N4O3S. The highest BCUT2D eigenvalue weighted by atomic mass is 32.2. The quantitative estimate of drug-likeness (QED) is 0.726. The second-order valence-corrected chi connectivity index (χ2v) is 10.0. The fraction of sp³-hybridized carbons (Fsp3) is 0.455. The van der Waals surface area contributed by atoms with Gasteiger partial charge in [0, 0.05) is 38.9 Å². The Morgan fingerprint density at radius 3 is 2.50 bits per heavy atom. The van der Waals surface area contributed by atoms with Gasteiger partial charge in [-0.1, -0.05) is 18.2 Å². The highest BCUT2D eigenvalue weighted by Crippen LogP contribution is 2.25. The van der Waals surface area contributed by atoms with Gasteiger partial charge in [0.15, 0.2) is 0 Å². The van der Waals surface area contributed by atoms with Crippen LogP contribution in [-0.4, -0.2) is 72.2 Å². The lowest BCUT2D eigenvalue weighted by atomic mass is 10.2. The van der Waals surface area contributed by atoms with Crippen molar-refractivity contribution in [1.82, 2.24) is 19.1 Å². The van der Waals surface area contributed by atoms with Crippen molar-refractivity contribution in [3.63, 3.8) is 0 Å². The van der Waals surface area contributed by atoms with E-state index in [1.54, 1.807) is 16.6 Å². The molecule has 4 rings (SSSR count). The van der Waals surface area contributed by atoms with Crippen LogP contribution in [0.3, 0.4) is 0 Å². The van der Waals surface area contributed by atoms with Gasteiger partial charge in [-0.3, -0.25) is 14.7 Å². The summed E-state index contributed by atoms with van der Waals surface area (Å²) >= 11 is 0. The van der Waals surface area contributed by atoms with E-state index in [2.05, 4.69) is 9.88 Å². The minimum atomic E-state index is -3.52. The monoisotopic (exact) mass is 428 g/mol. The van der Waals surface area contributed by atoms with Crippen LogP contribution in [0.15, 0.2) is 47.5 Å². The zero-order valence-electron chi connectivity index (χ0n) is 17.5. The third-order valence-electron chi connectivity index (χ3n) is 6.02. The number of benzene rings is 1. The number of hydrogen-bond acceptors (Lipinski definition) is 5. The Kier molecular flexibility index (Phi) is 5.90. The Labute approximate surface area is 178 Å². The first-order valence-electron chi connectivity index (χ1n) is 10.4. The standard InChI is InChI=1S/C22H28N4O3S/c1-17-6-7-18(2)21(15-17)30(28,29)26-13-11-24(12-14-26)20-8-10-25(22(20)27)16-19-5-3-4-9-23-19/h3-7,9,15,20H,8,10-14,16H2,1-2H3. The Hall–Kier alpha value is -2.29. The van der Waals surface area contributed by atoms with E-state index in [9.17, 15) is 13.2 Å². The summed E-state index contributed by atoms with van der Waals surface area (Å²) in [6.07, 6.45) is 2.51. The number of sulfonamides is 1. The van der Waals surface area contributed by atoms with Crippen molar-refractivity contribution in [2.75, 3.05) is 32.7 Å². The molecule has 1 aromatic heterocycles. The van der Waals surface area contributed by atoms with Crippen molar-refractivity contribution in [2.24, 2.45) is 0 Å². The largest absolute Gasteiger partial charge is 0.335 e. The summed E-state index contributed by atoms with van der Waals surface area (Å²) in [6.45, 7) is 6.91. The minimum Gasteiger partial charge on any atom is -0.335 e. The van der Waals surface area contributed by atoms with Crippen molar-refractivity contribution in [1.29, 1.82) is 0 Å². The van der Waals surface area contributed by atoms with Crippen molar-refractivity contribution in [3.05, 3.63) is 59.4 Å². The fourth-order valence-electron chi connectivity index (χ4n) is 4.29. The first-order valence-corrected chi connectivity index (χ1v) is 11.8. The molecule has 0 saturated carbocycles. The van der Waals surface area contributed by atoms with E-state index in [4.69, 9.17) is 0 Å². The predicted molar refractivity (Wildman–Crippen MR) is 114 cm³/mol. The van der Waals surface area contributed by atoms with Gasteiger partial charge in [-0.25, -0.2) is 8.42 Å². The molecule has 0 bridgehead atoms. The summed E-state index contributed by atoms with van der Waals surface area (Å²) in [4.78, 5) is 21.6. The van der Waals surface area contributed by atoms with E-state index in [1.807, 2.05) is 49.1 Å². The van der Waals surface area contributed by atoms with Crippen molar-refractivity contribution in [2.45, 2.75) is 37.8 Å². The Bertz CT molecular complexity index is 1020. The van der Waals surface area contributed by atoms with E-state index in [0.717, 1.165) is 23.2 Å². The smallest absolute Gasteiger partial charge is 0.243 e. The fourth-order valence-corrected chi connectivity index (χ4v) is 6.02. The summed E-state index contributed by atoms with van der Waals surface area (Å²) in [5.74, 6) is 0.117. The lowest BCUT2D eigenvalue weighted by Crippen LogP contribution is -2.53. The maximum atomic E-state index is 13.1. The Morgan fingerprint density at radius 1 is 1.03 bits per heavy atom. The molecule has 0 N–H and O–H groups in total. The van der Waals surface area contributed by atoms with Crippen LogP contribution in [0, 0.1) is 13.8 Å². The van der Waals surface area contributed by atoms with E-state index in [-0.39, 0.29) is 11.9 Å². The van der Waals surface area contributed by atoms with Crippen LogP contribution < -0.4 is 0 Å². The van der Waals surface area contributed by atoms with Gasteiger partial charge < -0.3 is 4.90 Å². The second kappa shape index (κ2) is 8.45. The molecule has 2 aliphatic heterocycles. The second-order valence-electron chi connectivity index (χ2n) is 8.09. The van der Waals surface area contributed by atoms with Gasteiger partial charge >= 0.3 is 0 Å². The number of likely N-dealkylation sites (tertiary alicyclic amines) is 1. The molecule has 8 heteroatoms. The number of aromatic nitrogens is 1. The van der Waals surface area contributed by atoms with E-state index < -0.39 is 10.0 Å². The van der Waals surface area contributed by atoms with Gasteiger partial charge in [-0.15, -0.1) is 0 Å². The first kappa shape index (κ1) is 21.0. The number of hydrogen-bond donors (Lipinski definition) is 0. The zero-order valence-corrected chi connectivity index (χ0v) is 18.3. The van der Waals surface area contributed by atoms with Crippen LogP contribution in [0.5, 0.6) is 0 Å². The summed E-state index contributed by atoms with van der Waals surface area (Å²) in [5.41, 5.74) is 2.58. The summed E-state index contributed by atoms with van der Waals surface area (Å²) in [6, 6.07) is 11.1. The number of amides is 1. The number of rotatable bonds is 5. The zero-order chi connectivity index (χ0) is 21.3. The third kappa shape index (κ3) is 4.12. The molecule has 0 spiro atoms. The minimum absolute atomic E-state index is 0.117. The first-order chi connectivity index (χ1) is 14.4. The van der Waals surface area contributed by atoms with Gasteiger partial charge in [-0.2, -0.15) is 4.31 Å². The summed E-state index contributed by atoms with van der Waals surface area (Å²) in [5, 5.41) is 0. The number of aryl methyl sites for hydroxylation is 2. The molecule has 0 radical (unpaired) electrons. The Balaban J connectivity index is 1.39. The highest BCUT2D eigenvalue weighted by molar-refractivity contribution is 7.89. The lowest BCUT2D eigenvalue weighted by molar-refractivity contribution is -0.133. The highest BCUT2D eigenvalue weighted by Gasteiger charge is 2.39. The number of pyridine rings is 1. The molecule has 1 amide bonds. The van der Waals surface area contributed by atoms with Crippen molar-refractivity contribution < 1.29 is 13.2 Å². The van der Waals surface area contributed by atoms with Gasteiger partial charge in [-0.05, 0) is 49.6 Å². The summed E-state index contributed by atoms with van der Waals surface area (Å²) < 4.78 is 27.8. The number of carbonyl (C=O) groups is 1. The SMILES string of the molecule is Cc1ccc(C)c(S(=O)(=O)N2CCN(C3CCN(Cc4ccccn4)C3=O)CC2)c1. The van der Waals surface area contributed by atoms with E-state index in [1.165, 1.54) is 0 Å². The molecule has 2 aromatic rings. The molecular weight excluding hydrogens is 400 g/mol. The maximum absolute atomic E-state index is 13.1. The molecule has 1 atom stereocenters. The van der Waals surface area contributed by atoms with Crippen LogP contribution in [0.4, 0.5) is 0 Å². The van der Waals surface area contributed by atoms with Crippen molar-refractivity contribution >= 4 is 15.9 Å². The van der Waals surface area contributed by atoms with E-state index >= 15 is 0 Å². The normalized spacial score (nSPS) is 21.3. The number of piperazine rings is 1. The molecule has 2 aliphatic rings. The molecule has 2 fully saturated rings. The predicted octanol–water partition coefficient (Wildman–Crippen LogP) is 1.81. The number of carbonyl (C=O) groups excluding carboxylic acids is 1. The average molecular weight is 429 g/mol. The topological polar surface area (TPSA) is 73.8 Å². The molecule has 1 aromatic carbocycles. The molecule has 0 aliphatic carbocycles. The van der Waals surface area contributed by atoms with Gasteiger partial charge in [0.1, 0.15) is 0 Å². The van der Waals surface area contributed by atoms with Crippen LogP contribution in [0.2, 0.25) is 0 Å². The molecule has 1 unspecified atom stereocenters. The van der Waals surface area contributed by atoms with Crippen LogP contribution in [0.25, 0.3) is 0 Å². The van der Waals surface area contributed by atoms with Crippen molar-refractivity contribution in [3.8, 4) is 0 Å². The molecule has 3 heterocycles. The molecule has 160 valence electrons. The lowest BCUT2D eigenvalue weighted by Gasteiger charge is -2.36. The Morgan fingerprint density at radius 2 is 1.80 bits per heavy atom. The summed E-state index contributed by atoms with van der Waals surface area (Å²) in [7, 11) is -3.52. The van der Waals surface area contributed by atoms with Crippen LogP contribution in [0.1, 0.15) is 23.2 Å². The maximum Gasteiger partial charge on any atom is 0.243 e. The van der Waals surface area contributed by atoms with Crippen LogP contribution in [-0.2, 0) is 21.4 Å².